The summed E-state index contributed by atoms with van der Waals surface area (Å²) < 4.78 is 0. The molecule has 0 N–H and O–H groups in total. The number of hydrogen-bond donors (Lipinski definition) is 0. The summed E-state index contributed by atoms with van der Waals surface area (Å²) in [4.78, 5) is 30.9. The number of rotatable bonds is 9. The second-order valence-corrected chi connectivity index (χ2v) is 18.2. The third-order valence-corrected chi connectivity index (χ3v) is 14.5. The topological polar surface area (TPSA) is 66.6 Å². The molecular weight excluding hydrogens is 825 g/mol. The van der Waals surface area contributed by atoms with Crippen LogP contribution in [0.15, 0.2) is 227 Å². The number of nitrogens with zero attached hydrogens (tertiary/aromatic N) is 6. The summed E-state index contributed by atoms with van der Waals surface area (Å²) in [5.41, 5.74) is 14.1. The summed E-state index contributed by atoms with van der Waals surface area (Å²) in [5, 5.41) is 0.232. The molecule has 0 amide bonds. The summed E-state index contributed by atoms with van der Waals surface area (Å²) in [7, 11) is 0. The maximum Gasteiger partial charge on any atom is 0.164 e. The van der Waals surface area contributed by atoms with Gasteiger partial charge in [-0.25, -0.2) is 19.9 Å². The van der Waals surface area contributed by atoms with Gasteiger partial charge in [0.2, 0.25) is 0 Å². The molecule has 6 nitrogen and oxygen atoms in total. The molecule has 8 aromatic carbocycles. The number of fused-ring (bicyclic) bond motifs is 5. The molecule has 9 aromatic rings. The molecule has 0 saturated carbocycles. The highest BCUT2D eigenvalue weighted by Gasteiger charge is 2.47. The first-order chi connectivity index (χ1) is 32.7. The molecule has 0 bridgehead atoms. The van der Waals surface area contributed by atoms with Gasteiger partial charge in [0.25, 0.3) is 0 Å². The zero-order chi connectivity index (χ0) is 44.0. The number of thioether (sulfide) groups is 1. The fourth-order valence-electron chi connectivity index (χ4n) is 9.95. The Morgan fingerprint density at radius 2 is 1.03 bits per heavy atom. The molecule has 4 atom stereocenters. The van der Waals surface area contributed by atoms with E-state index in [1.54, 1.807) is 0 Å². The Balaban J connectivity index is 1.10. The van der Waals surface area contributed by atoms with Gasteiger partial charge in [-0.2, -0.15) is 0 Å². The molecule has 0 aliphatic carbocycles. The Bertz CT molecular complexity index is 3300. The van der Waals surface area contributed by atoms with Crippen LogP contribution in [0.4, 0.5) is 11.4 Å². The van der Waals surface area contributed by atoms with Crippen molar-refractivity contribution in [2.24, 2.45) is 15.9 Å². The van der Waals surface area contributed by atoms with E-state index in [4.69, 9.17) is 24.9 Å². The van der Waals surface area contributed by atoms with Crippen LogP contribution in [0.3, 0.4) is 0 Å². The van der Waals surface area contributed by atoms with Crippen molar-refractivity contribution in [3.05, 3.63) is 240 Å². The lowest BCUT2D eigenvalue weighted by Crippen LogP contribution is -2.29. The Morgan fingerprint density at radius 3 is 1.74 bits per heavy atom. The molecule has 7 heteroatoms. The number of para-hydroxylation sites is 1. The van der Waals surface area contributed by atoms with Crippen LogP contribution in [0.5, 0.6) is 0 Å². The van der Waals surface area contributed by atoms with Crippen molar-refractivity contribution >= 4 is 34.7 Å². The second kappa shape index (κ2) is 17.0. The molecule has 0 fully saturated rings. The van der Waals surface area contributed by atoms with Gasteiger partial charge < -0.3 is 4.90 Å². The predicted molar refractivity (Wildman–Crippen MR) is 270 cm³/mol. The number of amidine groups is 1. The molecule has 3 aliphatic rings. The van der Waals surface area contributed by atoms with Gasteiger partial charge in [-0.3, -0.25) is 4.99 Å². The van der Waals surface area contributed by atoms with E-state index in [2.05, 4.69) is 200 Å². The fourth-order valence-corrected chi connectivity index (χ4v) is 11.4. The van der Waals surface area contributed by atoms with Gasteiger partial charge in [0, 0.05) is 38.8 Å². The molecule has 0 radical (unpaired) electrons. The van der Waals surface area contributed by atoms with E-state index in [1.165, 1.54) is 27.3 Å². The number of hydrogen-bond acceptors (Lipinski definition) is 7. The van der Waals surface area contributed by atoms with Crippen LogP contribution in [-0.2, 0) is 0 Å². The first kappa shape index (κ1) is 39.8. The zero-order valence-electron chi connectivity index (χ0n) is 36.3. The Morgan fingerprint density at radius 1 is 0.470 bits per heavy atom. The van der Waals surface area contributed by atoms with Gasteiger partial charge in [-0.15, -0.1) is 11.8 Å². The maximum atomic E-state index is 5.72. The zero-order valence-corrected chi connectivity index (χ0v) is 37.1. The molecule has 0 saturated heterocycles. The van der Waals surface area contributed by atoms with E-state index >= 15 is 0 Å². The quantitative estimate of drug-likeness (QED) is 0.145. The first-order valence-corrected chi connectivity index (χ1v) is 23.6. The monoisotopic (exact) mass is 868 g/mol. The lowest BCUT2D eigenvalue weighted by Gasteiger charge is -2.33. The number of benzene rings is 8. The van der Waals surface area contributed by atoms with Crippen LogP contribution >= 0.6 is 11.8 Å². The van der Waals surface area contributed by atoms with Crippen LogP contribution < -0.4 is 4.90 Å². The van der Waals surface area contributed by atoms with Gasteiger partial charge in [-0.1, -0.05) is 183 Å². The van der Waals surface area contributed by atoms with Gasteiger partial charge >= 0.3 is 0 Å². The van der Waals surface area contributed by atoms with Crippen molar-refractivity contribution < 1.29 is 0 Å². The summed E-state index contributed by atoms with van der Waals surface area (Å²) >= 11 is 1.96. The molecule has 1 aromatic heterocycles. The average molecular weight is 869 g/mol. The molecule has 4 unspecified atom stereocenters. The smallest absolute Gasteiger partial charge is 0.164 e. The van der Waals surface area contributed by atoms with Gasteiger partial charge in [0.1, 0.15) is 0 Å². The Labute approximate surface area is 389 Å². The van der Waals surface area contributed by atoms with E-state index in [1.807, 2.05) is 36.0 Å². The van der Waals surface area contributed by atoms with Crippen molar-refractivity contribution in [1.29, 1.82) is 0 Å². The standard InChI is InChI=1S/C59H44N6S/c1-2-45-52(39-22-9-4-10-23-39)60-59(61-53(45)40-24-11-5-12-25-40)48-37-44(34-35-50(48)65-49-32-17-15-30-46(49)55-54(65)47-31-16-18-33-51(47)66-55)58-63-56(41-26-13-6-14-27-41)62-57(64-58)43-29-19-28-42(36-43)38-20-7-3-8-21-38/h3-37,45,52,54-55H,2H2,1H3. The van der Waals surface area contributed by atoms with Crippen molar-refractivity contribution in [2.45, 2.75) is 35.6 Å². The van der Waals surface area contributed by atoms with E-state index in [0.717, 1.165) is 56.8 Å². The predicted octanol–water partition coefficient (Wildman–Crippen LogP) is 14.6. The molecule has 4 heterocycles. The van der Waals surface area contributed by atoms with Crippen LogP contribution in [0.25, 0.3) is 45.3 Å². The van der Waals surface area contributed by atoms with Crippen molar-refractivity contribution in [1.82, 2.24) is 15.0 Å². The molecular formula is C59H44N6S. The van der Waals surface area contributed by atoms with Gasteiger partial charge in [-0.05, 0) is 76.2 Å². The average Bonchev–Trinajstić information content (AvgIpc) is 3.94. The molecule has 0 spiro atoms. The Kier molecular flexibility index (Phi) is 10.3. The minimum atomic E-state index is -0.151. The maximum absolute atomic E-state index is 5.72. The highest BCUT2D eigenvalue weighted by atomic mass is 32.2. The second-order valence-electron chi connectivity index (χ2n) is 17.0. The van der Waals surface area contributed by atoms with Crippen LogP contribution in [0, 0.1) is 5.92 Å². The van der Waals surface area contributed by atoms with Crippen molar-refractivity contribution in [3.63, 3.8) is 0 Å². The van der Waals surface area contributed by atoms with Crippen LogP contribution in [0.2, 0.25) is 0 Å². The minimum Gasteiger partial charge on any atom is -0.331 e. The van der Waals surface area contributed by atoms with E-state index < -0.39 is 0 Å². The van der Waals surface area contributed by atoms with E-state index in [9.17, 15) is 0 Å². The summed E-state index contributed by atoms with van der Waals surface area (Å²) in [6, 6.07) is 74.8. The minimum absolute atomic E-state index is 0.0753. The molecule has 316 valence electrons. The van der Waals surface area contributed by atoms with E-state index in [0.29, 0.717) is 23.3 Å². The van der Waals surface area contributed by atoms with Crippen molar-refractivity contribution in [2.75, 3.05) is 4.90 Å². The first-order valence-electron chi connectivity index (χ1n) is 22.7. The molecule has 66 heavy (non-hydrogen) atoms. The number of anilines is 2. The highest BCUT2D eigenvalue weighted by Crippen LogP contribution is 2.64. The van der Waals surface area contributed by atoms with E-state index in [-0.39, 0.29) is 23.3 Å². The molecule has 12 rings (SSSR count). The molecule has 3 aliphatic heterocycles. The van der Waals surface area contributed by atoms with Crippen LogP contribution in [-0.4, -0.2) is 26.5 Å². The van der Waals surface area contributed by atoms with Crippen molar-refractivity contribution in [3.8, 4) is 45.3 Å². The highest BCUT2D eigenvalue weighted by molar-refractivity contribution is 8.00. The lowest BCUT2D eigenvalue weighted by molar-refractivity contribution is 0.532. The van der Waals surface area contributed by atoms with Crippen LogP contribution in [0.1, 0.15) is 58.5 Å². The largest absolute Gasteiger partial charge is 0.331 e. The summed E-state index contributed by atoms with van der Waals surface area (Å²) in [6.45, 7) is 2.25. The number of aromatic nitrogens is 3. The lowest BCUT2D eigenvalue weighted by atomic mass is 9.83. The normalized spacial score (nSPS) is 18.2. The number of aliphatic imine (C=N–C) groups is 2. The van der Waals surface area contributed by atoms with Gasteiger partial charge in [0.05, 0.1) is 28.7 Å². The SMILES string of the molecule is CCC1C(c2ccccc2)=NC(c2cc(-c3nc(-c4ccccc4)nc(-c4cccc(-c5ccccc5)c4)n3)ccc2N2c3ccccc3C3Sc4ccccc4C32)=NC1c1ccccc1. The third kappa shape index (κ3) is 7.13. The third-order valence-electron chi connectivity index (χ3n) is 13.1. The fraction of sp³-hybridized carbons (Fsp3) is 0.102. The summed E-state index contributed by atoms with van der Waals surface area (Å²) in [5.74, 6) is 2.56. The van der Waals surface area contributed by atoms with Gasteiger partial charge in [0.15, 0.2) is 23.3 Å². The Hall–Kier alpha value is -7.74. The summed E-state index contributed by atoms with van der Waals surface area (Å²) in [6.07, 6.45) is 0.885.